The van der Waals surface area contributed by atoms with Crippen LogP contribution in [0, 0.1) is 5.92 Å². The van der Waals surface area contributed by atoms with Crippen molar-refractivity contribution < 1.29 is 9.59 Å². The fraction of sp³-hybridized carbons (Fsp3) is 0.375. The second-order valence-corrected chi connectivity index (χ2v) is 10.5. The van der Waals surface area contributed by atoms with Gasteiger partial charge in [0.1, 0.15) is 0 Å². The maximum atomic E-state index is 13.4. The molecule has 5 rings (SSSR count). The molecule has 6 heteroatoms. The number of amides is 2. The normalized spacial score (nSPS) is 18.7. The third kappa shape index (κ3) is 6.14. The lowest BCUT2D eigenvalue weighted by Gasteiger charge is -2.40. The average Bonchev–Trinajstić information content (AvgIpc) is 3.31. The highest BCUT2D eigenvalue weighted by molar-refractivity contribution is 5.99. The van der Waals surface area contributed by atoms with Crippen molar-refractivity contribution >= 4 is 17.5 Å². The van der Waals surface area contributed by atoms with E-state index in [4.69, 9.17) is 0 Å². The molecule has 198 valence electrons. The van der Waals surface area contributed by atoms with Crippen LogP contribution >= 0.6 is 0 Å². The number of carbonyl (C=O) groups excluding carboxylic acids is 2. The van der Waals surface area contributed by atoms with Crippen LogP contribution in [0.25, 0.3) is 0 Å². The molecular formula is C32H38N4O2. The lowest BCUT2D eigenvalue weighted by molar-refractivity contribution is -0.127. The number of hydrogen-bond acceptors (Lipinski definition) is 4. The predicted octanol–water partition coefficient (Wildman–Crippen LogP) is 4.30. The monoisotopic (exact) mass is 510 g/mol. The zero-order valence-corrected chi connectivity index (χ0v) is 22.3. The Labute approximate surface area is 226 Å². The molecule has 38 heavy (non-hydrogen) atoms. The van der Waals surface area contributed by atoms with Gasteiger partial charge in [0.2, 0.25) is 11.8 Å². The molecule has 1 atom stereocenters. The van der Waals surface area contributed by atoms with Gasteiger partial charge in [0.05, 0.1) is 12.0 Å². The van der Waals surface area contributed by atoms with E-state index in [0.29, 0.717) is 19.5 Å². The van der Waals surface area contributed by atoms with E-state index in [2.05, 4.69) is 70.5 Å². The minimum absolute atomic E-state index is 0.0542. The summed E-state index contributed by atoms with van der Waals surface area (Å²) >= 11 is 0. The minimum atomic E-state index is -0.260. The Morgan fingerprint density at radius 3 is 1.92 bits per heavy atom. The number of rotatable bonds is 9. The number of para-hydroxylation sites is 1. The first-order valence-electron chi connectivity index (χ1n) is 13.8. The van der Waals surface area contributed by atoms with Crippen molar-refractivity contribution in [3.8, 4) is 0 Å². The fourth-order valence-electron chi connectivity index (χ4n) is 5.81. The highest BCUT2D eigenvalue weighted by Crippen LogP contribution is 2.29. The molecule has 0 radical (unpaired) electrons. The van der Waals surface area contributed by atoms with E-state index in [1.807, 2.05) is 35.2 Å². The molecule has 0 spiro atoms. The summed E-state index contributed by atoms with van der Waals surface area (Å²) in [5.41, 5.74) is 3.58. The lowest BCUT2D eigenvalue weighted by atomic mass is 9.96. The fourth-order valence-corrected chi connectivity index (χ4v) is 5.81. The van der Waals surface area contributed by atoms with Crippen molar-refractivity contribution in [1.82, 2.24) is 14.7 Å². The second kappa shape index (κ2) is 12.4. The zero-order chi connectivity index (χ0) is 26.3. The molecule has 0 bridgehead atoms. The topological polar surface area (TPSA) is 47.1 Å². The zero-order valence-electron chi connectivity index (χ0n) is 22.3. The Bertz CT molecular complexity index is 1140. The standard InChI is InChI=1S/C32H38N4O2/c1-33-25-28(24-30(33)37)32(38)36(29-16-9-4-10-17-29)19-11-18-34-20-22-35(23-21-34)31(26-12-5-2-6-13-26)27-14-7-3-8-15-27/h2-10,12-17,28,31H,11,18-25H2,1H3. The van der Waals surface area contributed by atoms with Gasteiger partial charge in [-0.25, -0.2) is 0 Å². The maximum absolute atomic E-state index is 13.4. The van der Waals surface area contributed by atoms with Crippen LogP contribution in [0.2, 0.25) is 0 Å². The van der Waals surface area contributed by atoms with Crippen LogP contribution in [0.4, 0.5) is 5.69 Å². The van der Waals surface area contributed by atoms with Gasteiger partial charge in [0.25, 0.3) is 0 Å². The van der Waals surface area contributed by atoms with E-state index >= 15 is 0 Å². The Balaban J connectivity index is 1.18. The SMILES string of the molecule is CN1CC(C(=O)N(CCCN2CCN(C(c3ccccc3)c3ccccc3)CC2)c2ccccc2)CC1=O. The summed E-state index contributed by atoms with van der Waals surface area (Å²) in [5, 5.41) is 0. The number of hydrogen-bond donors (Lipinski definition) is 0. The second-order valence-electron chi connectivity index (χ2n) is 10.5. The molecule has 2 fully saturated rings. The van der Waals surface area contributed by atoms with E-state index in [9.17, 15) is 9.59 Å². The minimum Gasteiger partial charge on any atom is -0.345 e. The number of piperazine rings is 1. The highest BCUT2D eigenvalue weighted by Gasteiger charge is 2.35. The first-order chi connectivity index (χ1) is 18.6. The molecule has 0 aromatic heterocycles. The van der Waals surface area contributed by atoms with Crippen molar-refractivity contribution in [2.24, 2.45) is 5.92 Å². The Hall–Kier alpha value is -3.48. The average molecular weight is 511 g/mol. The molecule has 3 aromatic carbocycles. The molecule has 2 amide bonds. The Morgan fingerprint density at radius 1 is 0.842 bits per heavy atom. The van der Waals surface area contributed by atoms with Gasteiger partial charge in [-0.3, -0.25) is 14.5 Å². The van der Waals surface area contributed by atoms with E-state index in [0.717, 1.165) is 44.8 Å². The molecule has 2 heterocycles. The van der Waals surface area contributed by atoms with Crippen LogP contribution < -0.4 is 4.90 Å². The van der Waals surface area contributed by atoms with Gasteiger partial charge in [-0.1, -0.05) is 78.9 Å². The van der Waals surface area contributed by atoms with Crippen LogP contribution in [0.3, 0.4) is 0 Å². The van der Waals surface area contributed by atoms with E-state index < -0.39 is 0 Å². The van der Waals surface area contributed by atoms with Gasteiger partial charge in [-0.05, 0) is 36.2 Å². The number of anilines is 1. The van der Waals surface area contributed by atoms with Gasteiger partial charge >= 0.3 is 0 Å². The first-order valence-corrected chi connectivity index (χ1v) is 13.8. The van der Waals surface area contributed by atoms with Crippen molar-refractivity contribution in [1.29, 1.82) is 0 Å². The lowest BCUT2D eigenvalue weighted by Crippen LogP contribution is -2.48. The molecule has 2 saturated heterocycles. The van der Waals surface area contributed by atoms with Crippen LogP contribution in [-0.4, -0.2) is 79.4 Å². The molecule has 0 saturated carbocycles. The third-order valence-electron chi connectivity index (χ3n) is 7.88. The van der Waals surface area contributed by atoms with Gasteiger partial charge in [-0.2, -0.15) is 0 Å². The predicted molar refractivity (Wildman–Crippen MR) is 152 cm³/mol. The quantitative estimate of drug-likeness (QED) is 0.431. The number of benzene rings is 3. The summed E-state index contributed by atoms with van der Waals surface area (Å²) in [6.45, 7) is 6.16. The summed E-state index contributed by atoms with van der Waals surface area (Å²) in [6, 6.07) is 31.7. The summed E-state index contributed by atoms with van der Waals surface area (Å²) in [5.74, 6) is -0.144. The maximum Gasteiger partial charge on any atom is 0.232 e. The summed E-state index contributed by atoms with van der Waals surface area (Å²) in [4.78, 5) is 34.2. The molecule has 6 nitrogen and oxygen atoms in total. The van der Waals surface area contributed by atoms with Crippen LogP contribution in [0.5, 0.6) is 0 Å². The van der Waals surface area contributed by atoms with Crippen molar-refractivity contribution in [3.05, 3.63) is 102 Å². The van der Waals surface area contributed by atoms with E-state index in [1.165, 1.54) is 11.1 Å². The molecule has 2 aliphatic rings. The third-order valence-corrected chi connectivity index (χ3v) is 7.88. The molecular weight excluding hydrogens is 472 g/mol. The smallest absolute Gasteiger partial charge is 0.232 e. The summed E-state index contributed by atoms with van der Waals surface area (Å²) < 4.78 is 0. The Kier molecular flexibility index (Phi) is 8.51. The van der Waals surface area contributed by atoms with Gasteiger partial charge in [0, 0.05) is 58.4 Å². The van der Waals surface area contributed by atoms with E-state index in [-0.39, 0.29) is 23.8 Å². The van der Waals surface area contributed by atoms with E-state index in [1.54, 1.807) is 11.9 Å². The van der Waals surface area contributed by atoms with Gasteiger partial charge < -0.3 is 14.7 Å². The molecule has 3 aromatic rings. The van der Waals surface area contributed by atoms with Gasteiger partial charge in [0.15, 0.2) is 0 Å². The number of carbonyl (C=O) groups is 2. The van der Waals surface area contributed by atoms with Gasteiger partial charge in [-0.15, -0.1) is 0 Å². The summed E-state index contributed by atoms with van der Waals surface area (Å²) in [6.07, 6.45) is 1.21. The number of nitrogens with zero attached hydrogens (tertiary/aromatic N) is 4. The van der Waals surface area contributed by atoms with Crippen molar-refractivity contribution in [3.63, 3.8) is 0 Å². The largest absolute Gasteiger partial charge is 0.345 e. The highest BCUT2D eigenvalue weighted by atomic mass is 16.2. The molecule has 2 aliphatic heterocycles. The molecule has 0 aliphatic carbocycles. The van der Waals surface area contributed by atoms with Crippen molar-refractivity contribution in [2.75, 3.05) is 57.8 Å². The van der Waals surface area contributed by atoms with Crippen LogP contribution in [0.15, 0.2) is 91.0 Å². The van der Waals surface area contributed by atoms with Crippen LogP contribution in [0.1, 0.15) is 30.0 Å². The number of likely N-dealkylation sites (tertiary alicyclic amines) is 1. The summed E-state index contributed by atoms with van der Waals surface area (Å²) in [7, 11) is 1.78. The van der Waals surface area contributed by atoms with Crippen molar-refractivity contribution in [2.45, 2.75) is 18.9 Å². The van der Waals surface area contributed by atoms with Crippen LogP contribution in [-0.2, 0) is 9.59 Å². The Morgan fingerprint density at radius 2 is 1.39 bits per heavy atom. The molecule has 1 unspecified atom stereocenters. The molecule has 0 N–H and O–H groups in total. The first kappa shape index (κ1) is 26.1.